The Balaban J connectivity index is 1.83. The van der Waals surface area contributed by atoms with E-state index in [-0.39, 0.29) is 0 Å². The van der Waals surface area contributed by atoms with Crippen molar-refractivity contribution in [3.63, 3.8) is 0 Å². The van der Waals surface area contributed by atoms with Gasteiger partial charge in [-0.05, 0) is 37.5 Å². The lowest BCUT2D eigenvalue weighted by Crippen LogP contribution is -2.28. The van der Waals surface area contributed by atoms with E-state index < -0.39 is 0 Å². The van der Waals surface area contributed by atoms with Gasteiger partial charge in [-0.1, -0.05) is 12.1 Å². The summed E-state index contributed by atoms with van der Waals surface area (Å²) in [5, 5.41) is 3.51. The van der Waals surface area contributed by atoms with E-state index in [1.807, 2.05) is 12.1 Å². The van der Waals surface area contributed by atoms with Gasteiger partial charge in [0.1, 0.15) is 5.75 Å². The van der Waals surface area contributed by atoms with Gasteiger partial charge in [-0.3, -0.25) is 0 Å². The molecule has 1 aromatic rings. The lowest BCUT2D eigenvalue weighted by Gasteiger charge is -2.17. The first-order chi connectivity index (χ1) is 8.29. The Morgan fingerprint density at radius 1 is 1.41 bits per heavy atom. The van der Waals surface area contributed by atoms with E-state index in [2.05, 4.69) is 24.4 Å². The van der Waals surface area contributed by atoms with Crippen LogP contribution in [0.1, 0.15) is 31.4 Å². The molecule has 2 atom stereocenters. The fraction of sp³-hybridized carbons (Fsp3) is 0.571. The minimum absolute atomic E-state index is 0.352. The van der Waals surface area contributed by atoms with Gasteiger partial charge in [0.25, 0.3) is 0 Å². The molecular formula is C14H21NO2. The summed E-state index contributed by atoms with van der Waals surface area (Å²) in [5.41, 5.74) is 1.28. The van der Waals surface area contributed by atoms with E-state index in [4.69, 9.17) is 9.47 Å². The fourth-order valence-electron chi connectivity index (χ4n) is 2.12. The molecule has 0 bridgehead atoms. The number of hydrogen-bond donors (Lipinski definition) is 1. The van der Waals surface area contributed by atoms with Crippen LogP contribution in [0, 0.1) is 0 Å². The van der Waals surface area contributed by atoms with Crippen LogP contribution in [-0.4, -0.2) is 26.4 Å². The van der Waals surface area contributed by atoms with Gasteiger partial charge in [-0.2, -0.15) is 0 Å². The zero-order valence-electron chi connectivity index (χ0n) is 10.6. The first-order valence-corrected chi connectivity index (χ1v) is 6.28. The zero-order chi connectivity index (χ0) is 12.1. The third-order valence-electron chi connectivity index (χ3n) is 3.29. The maximum Gasteiger partial charge on any atom is 0.118 e. The van der Waals surface area contributed by atoms with Gasteiger partial charge < -0.3 is 14.8 Å². The van der Waals surface area contributed by atoms with Gasteiger partial charge in [0, 0.05) is 19.2 Å². The highest BCUT2D eigenvalue weighted by Crippen LogP contribution is 2.18. The molecule has 17 heavy (non-hydrogen) atoms. The molecule has 1 aliphatic heterocycles. The number of methoxy groups -OCH3 is 1. The van der Waals surface area contributed by atoms with Gasteiger partial charge in [0.2, 0.25) is 0 Å². The van der Waals surface area contributed by atoms with Crippen LogP contribution in [-0.2, 0) is 4.74 Å². The topological polar surface area (TPSA) is 30.5 Å². The number of rotatable bonds is 5. The molecule has 0 amide bonds. The number of ether oxygens (including phenoxy) is 2. The molecule has 0 radical (unpaired) electrons. The minimum Gasteiger partial charge on any atom is -0.497 e. The monoisotopic (exact) mass is 235 g/mol. The molecule has 94 valence electrons. The van der Waals surface area contributed by atoms with Crippen molar-refractivity contribution < 1.29 is 9.47 Å². The van der Waals surface area contributed by atoms with Crippen LogP contribution in [0.5, 0.6) is 5.75 Å². The lowest BCUT2D eigenvalue weighted by atomic mass is 10.1. The number of benzene rings is 1. The molecule has 1 aliphatic rings. The Hall–Kier alpha value is -1.06. The van der Waals surface area contributed by atoms with Crippen LogP contribution in [0.3, 0.4) is 0 Å². The van der Waals surface area contributed by atoms with Crippen molar-refractivity contribution in [1.29, 1.82) is 0 Å². The Bertz CT molecular complexity index is 331. The van der Waals surface area contributed by atoms with Gasteiger partial charge in [0.05, 0.1) is 13.2 Å². The van der Waals surface area contributed by atoms with Crippen molar-refractivity contribution in [2.24, 2.45) is 0 Å². The van der Waals surface area contributed by atoms with Crippen molar-refractivity contribution in [2.75, 3.05) is 20.3 Å². The van der Waals surface area contributed by atoms with E-state index in [1.54, 1.807) is 7.11 Å². The maximum absolute atomic E-state index is 5.59. The first-order valence-electron chi connectivity index (χ1n) is 6.28. The maximum atomic E-state index is 5.59. The highest BCUT2D eigenvalue weighted by Gasteiger charge is 2.16. The second kappa shape index (κ2) is 6.03. The van der Waals surface area contributed by atoms with E-state index in [1.165, 1.54) is 18.4 Å². The Labute approximate surface area is 103 Å². The second-order valence-corrected chi connectivity index (χ2v) is 4.54. The van der Waals surface area contributed by atoms with Crippen molar-refractivity contribution in [1.82, 2.24) is 5.32 Å². The summed E-state index contributed by atoms with van der Waals surface area (Å²) >= 11 is 0. The summed E-state index contributed by atoms with van der Waals surface area (Å²) in [4.78, 5) is 0. The van der Waals surface area contributed by atoms with E-state index >= 15 is 0 Å². The van der Waals surface area contributed by atoms with Gasteiger partial charge in [-0.25, -0.2) is 0 Å². The van der Waals surface area contributed by atoms with Crippen LogP contribution in [0.2, 0.25) is 0 Å². The molecule has 0 saturated carbocycles. The van der Waals surface area contributed by atoms with Gasteiger partial charge >= 0.3 is 0 Å². The largest absolute Gasteiger partial charge is 0.497 e. The summed E-state index contributed by atoms with van der Waals surface area (Å²) in [6.07, 6.45) is 2.78. The summed E-state index contributed by atoms with van der Waals surface area (Å²) < 4.78 is 10.7. The second-order valence-electron chi connectivity index (χ2n) is 4.54. The molecule has 0 unspecified atom stereocenters. The SMILES string of the molecule is COc1ccc([C@@H](C)NC[C@@H]2CCCO2)cc1. The molecule has 1 fully saturated rings. The van der Waals surface area contributed by atoms with Crippen LogP contribution in [0.25, 0.3) is 0 Å². The quantitative estimate of drug-likeness (QED) is 0.850. The molecule has 2 rings (SSSR count). The third kappa shape index (κ3) is 3.45. The highest BCUT2D eigenvalue weighted by atomic mass is 16.5. The van der Waals surface area contributed by atoms with Crippen LogP contribution in [0.4, 0.5) is 0 Å². The molecule has 1 heterocycles. The standard InChI is InChI=1S/C14H21NO2/c1-11(15-10-14-4-3-9-17-14)12-5-7-13(16-2)8-6-12/h5-8,11,14-15H,3-4,9-10H2,1-2H3/t11-,14+/m1/s1. The van der Waals surface area contributed by atoms with E-state index in [9.17, 15) is 0 Å². The summed E-state index contributed by atoms with van der Waals surface area (Å²) in [6.45, 7) is 4.03. The minimum atomic E-state index is 0.352. The molecule has 1 aromatic carbocycles. The average Bonchev–Trinajstić information content (AvgIpc) is 2.89. The predicted molar refractivity (Wildman–Crippen MR) is 68.4 cm³/mol. The predicted octanol–water partition coefficient (Wildman–Crippen LogP) is 2.52. The summed E-state index contributed by atoms with van der Waals surface area (Å²) in [6, 6.07) is 8.56. The molecule has 0 aromatic heterocycles. The van der Waals surface area contributed by atoms with Gasteiger partial charge in [-0.15, -0.1) is 0 Å². The van der Waals surface area contributed by atoms with Crippen molar-refractivity contribution in [3.8, 4) is 5.75 Å². The van der Waals surface area contributed by atoms with E-state index in [0.717, 1.165) is 18.9 Å². The fourth-order valence-corrected chi connectivity index (χ4v) is 2.12. The molecule has 1 saturated heterocycles. The molecule has 1 N–H and O–H groups in total. The van der Waals surface area contributed by atoms with E-state index in [0.29, 0.717) is 12.1 Å². The molecule has 3 nitrogen and oxygen atoms in total. The zero-order valence-corrected chi connectivity index (χ0v) is 10.6. The van der Waals surface area contributed by atoms with Crippen LogP contribution < -0.4 is 10.1 Å². The van der Waals surface area contributed by atoms with Crippen molar-refractivity contribution >= 4 is 0 Å². The first kappa shape index (κ1) is 12.4. The summed E-state index contributed by atoms with van der Waals surface area (Å²) in [7, 11) is 1.69. The van der Waals surface area contributed by atoms with Crippen LogP contribution in [0.15, 0.2) is 24.3 Å². The number of hydrogen-bond acceptors (Lipinski definition) is 3. The Morgan fingerprint density at radius 3 is 2.76 bits per heavy atom. The van der Waals surface area contributed by atoms with Gasteiger partial charge in [0.15, 0.2) is 0 Å². The molecular weight excluding hydrogens is 214 g/mol. The highest BCUT2D eigenvalue weighted by molar-refractivity contribution is 5.28. The van der Waals surface area contributed by atoms with Crippen molar-refractivity contribution in [3.05, 3.63) is 29.8 Å². The Kier molecular flexibility index (Phi) is 4.40. The Morgan fingerprint density at radius 2 is 2.18 bits per heavy atom. The normalized spacial score (nSPS) is 21.4. The third-order valence-corrected chi connectivity index (χ3v) is 3.29. The number of nitrogens with one attached hydrogen (secondary N) is 1. The van der Waals surface area contributed by atoms with Crippen molar-refractivity contribution in [2.45, 2.75) is 31.9 Å². The summed E-state index contributed by atoms with van der Waals surface area (Å²) in [5.74, 6) is 0.903. The van der Waals surface area contributed by atoms with Crippen LogP contribution >= 0.6 is 0 Å². The molecule has 0 spiro atoms. The lowest BCUT2D eigenvalue weighted by molar-refractivity contribution is 0.108. The molecule has 0 aliphatic carbocycles. The average molecular weight is 235 g/mol. The smallest absolute Gasteiger partial charge is 0.118 e. The molecule has 3 heteroatoms.